The van der Waals surface area contributed by atoms with Crippen LogP contribution in [0.5, 0.6) is 0 Å². The molecule has 0 saturated carbocycles. The highest BCUT2D eigenvalue weighted by Crippen LogP contribution is 2.15. The molecule has 0 aromatic carbocycles. The van der Waals surface area contributed by atoms with Gasteiger partial charge in [0.1, 0.15) is 0 Å². The second-order valence-electron chi connectivity index (χ2n) is 3.50. The van der Waals surface area contributed by atoms with E-state index >= 15 is 0 Å². The molecular formula is C10H20N2O. The summed E-state index contributed by atoms with van der Waals surface area (Å²) in [6.07, 6.45) is 6.03. The van der Waals surface area contributed by atoms with Crippen LogP contribution in [-0.2, 0) is 4.74 Å². The fraction of sp³-hybridized carbons (Fsp3) is 0.900. The van der Waals surface area contributed by atoms with Crippen molar-refractivity contribution < 1.29 is 4.74 Å². The Bertz CT molecular complexity index is 162. The molecule has 0 aliphatic carbocycles. The van der Waals surface area contributed by atoms with Crippen molar-refractivity contribution in [3.63, 3.8) is 0 Å². The predicted octanol–water partition coefficient (Wildman–Crippen LogP) is 1.71. The van der Waals surface area contributed by atoms with Crippen LogP contribution in [0.4, 0.5) is 0 Å². The van der Waals surface area contributed by atoms with Crippen molar-refractivity contribution in [3.8, 4) is 0 Å². The summed E-state index contributed by atoms with van der Waals surface area (Å²) in [6.45, 7) is 3.78. The summed E-state index contributed by atoms with van der Waals surface area (Å²) in [7, 11) is 0. The highest BCUT2D eigenvalue weighted by molar-refractivity contribution is 5.79. The predicted molar refractivity (Wildman–Crippen MR) is 55.0 cm³/mol. The highest BCUT2D eigenvalue weighted by atomic mass is 16.5. The lowest BCUT2D eigenvalue weighted by Crippen LogP contribution is -2.20. The van der Waals surface area contributed by atoms with E-state index in [-0.39, 0.29) is 0 Å². The zero-order valence-electron chi connectivity index (χ0n) is 8.46. The van der Waals surface area contributed by atoms with E-state index in [1.807, 2.05) is 6.92 Å². The summed E-state index contributed by atoms with van der Waals surface area (Å²) < 4.78 is 5.58. The number of hydrogen-bond acceptors (Lipinski definition) is 2. The summed E-state index contributed by atoms with van der Waals surface area (Å²) in [5.41, 5.74) is 5.60. The summed E-state index contributed by atoms with van der Waals surface area (Å²) in [5.74, 6) is 0.760. The zero-order valence-corrected chi connectivity index (χ0v) is 8.46. The molecule has 0 radical (unpaired) electrons. The van der Waals surface area contributed by atoms with Crippen molar-refractivity contribution in [1.29, 1.82) is 0 Å². The van der Waals surface area contributed by atoms with Crippen molar-refractivity contribution in [2.75, 3.05) is 13.2 Å². The Morgan fingerprint density at radius 2 is 2.38 bits per heavy atom. The summed E-state index contributed by atoms with van der Waals surface area (Å²) in [6, 6.07) is 0. The lowest BCUT2D eigenvalue weighted by Gasteiger charge is -2.21. The highest BCUT2D eigenvalue weighted by Gasteiger charge is 2.12. The Morgan fingerprint density at radius 1 is 1.54 bits per heavy atom. The number of rotatable bonds is 4. The van der Waals surface area contributed by atoms with Crippen molar-refractivity contribution in [3.05, 3.63) is 0 Å². The largest absolute Gasteiger partial charge is 0.387 e. The third-order valence-corrected chi connectivity index (χ3v) is 2.40. The molecule has 2 N–H and O–H groups in total. The van der Waals surface area contributed by atoms with Gasteiger partial charge in [0.15, 0.2) is 0 Å². The van der Waals surface area contributed by atoms with Gasteiger partial charge in [-0.05, 0) is 25.7 Å². The zero-order chi connectivity index (χ0) is 9.52. The van der Waals surface area contributed by atoms with Crippen molar-refractivity contribution >= 4 is 5.84 Å². The second kappa shape index (κ2) is 5.97. The van der Waals surface area contributed by atoms with Gasteiger partial charge in [0.2, 0.25) is 0 Å². The quantitative estimate of drug-likeness (QED) is 0.534. The first kappa shape index (κ1) is 10.5. The van der Waals surface area contributed by atoms with Crippen molar-refractivity contribution in [2.24, 2.45) is 10.7 Å². The van der Waals surface area contributed by atoms with E-state index in [1.54, 1.807) is 0 Å². The first-order valence-corrected chi connectivity index (χ1v) is 5.23. The van der Waals surface area contributed by atoms with Crippen LogP contribution in [-0.4, -0.2) is 25.1 Å². The minimum atomic E-state index is 0.433. The van der Waals surface area contributed by atoms with E-state index in [9.17, 15) is 0 Å². The first-order valence-electron chi connectivity index (χ1n) is 5.23. The van der Waals surface area contributed by atoms with Crippen LogP contribution >= 0.6 is 0 Å². The molecule has 76 valence electrons. The monoisotopic (exact) mass is 184 g/mol. The Labute approximate surface area is 80.4 Å². The Balaban J connectivity index is 2.10. The SMILES string of the molecule is CCC(N)=NCCC1CCCCO1. The summed E-state index contributed by atoms with van der Waals surface area (Å²) in [4.78, 5) is 4.25. The molecule has 3 nitrogen and oxygen atoms in total. The first-order chi connectivity index (χ1) is 6.33. The summed E-state index contributed by atoms with van der Waals surface area (Å²) in [5, 5.41) is 0. The van der Waals surface area contributed by atoms with Crippen LogP contribution in [0.3, 0.4) is 0 Å². The van der Waals surface area contributed by atoms with E-state index in [4.69, 9.17) is 10.5 Å². The second-order valence-corrected chi connectivity index (χ2v) is 3.50. The molecule has 0 aromatic rings. The molecule has 0 bridgehead atoms. The molecule has 0 aromatic heterocycles. The fourth-order valence-corrected chi connectivity index (χ4v) is 1.50. The van der Waals surface area contributed by atoms with Gasteiger partial charge in [-0.2, -0.15) is 0 Å². The standard InChI is InChI=1S/C10H20N2O/c1-2-10(11)12-7-6-9-5-3-4-8-13-9/h9H,2-8H2,1H3,(H2,11,12). The third kappa shape index (κ3) is 4.27. The van der Waals surface area contributed by atoms with Crippen LogP contribution in [0.1, 0.15) is 39.0 Å². The number of ether oxygens (including phenoxy) is 1. The van der Waals surface area contributed by atoms with Gasteiger partial charge in [0, 0.05) is 19.6 Å². The average molecular weight is 184 g/mol. The van der Waals surface area contributed by atoms with E-state index < -0.39 is 0 Å². The van der Waals surface area contributed by atoms with E-state index in [0.717, 1.165) is 31.8 Å². The average Bonchev–Trinajstić information content (AvgIpc) is 2.19. The molecule has 1 fully saturated rings. The van der Waals surface area contributed by atoms with Gasteiger partial charge in [-0.15, -0.1) is 0 Å². The normalized spacial score (nSPS) is 24.7. The molecule has 3 heteroatoms. The molecule has 1 aliphatic heterocycles. The molecule has 1 rings (SSSR count). The maximum atomic E-state index is 5.60. The van der Waals surface area contributed by atoms with Crippen LogP contribution in [0, 0.1) is 0 Å². The van der Waals surface area contributed by atoms with Crippen LogP contribution in [0.2, 0.25) is 0 Å². The molecule has 13 heavy (non-hydrogen) atoms. The topological polar surface area (TPSA) is 47.6 Å². The maximum absolute atomic E-state index is 5.60. The number of aliphatic imine (C=N–C) groups is 1. The van der Waals surface area contributed by atoms with E-state index in [2.05, 4.69) is 4.99 Å². The van der Waals surface area contributed by atoms with Crippen molar-refractivity contribution in [2.45, 2.75) is 45.1 Å². The minimum absolute atomic E-state index is 0.433. The van der Waals surface area contributed by atoms with Gasteiger partial charge in [-0.1, -0.05) is 6.92 Å². The number of hydrogen-bond donors (Lipinski definition) is 1. The molecule has 0 amide bonds. The maximum Gasteiger partial charge on any atom is 0.0934 e. The van der Waals surface area contributed by atoms with Crippen LogP contribution in [0.25, 0.3) is 0 Å². The molecule has 1 aliphatic rings. The van der Waals surface area contributed by atoms with Gasteiger partial charge >= 0.3 is 0 Å². The minimum Gasteiger partial charge on any atom is -0.387 e. The molecular weight excluding hydrogens is 164 g/mol. The number of nitrogens with two attached hydrogens (primary N) is 1. The number of amidine groups is 1. The lowest BCUT2D eigenvalue weighted by molar-refractivity contribution is 0.0129. The lowest BCUT2D eigenvalue weighted by atomic mass is 10.1. The molecule has 1 saturated heterocycles. The Hall–Kier alpha value is -0.570. The molecule has 1 unspecified atom stereocenters. The van der Waals surface area contributed by atoms with Crippen molar-refractivity contribution in [1.82, 2.24) is 0 Å². The van der Waals surface area contributed by atoms with Gasteiger partial charge in [-0.25, -0.2) is 0 Å². The molecule has 0 spiro atoms. The van der Waals surface area contributed by atoms with Gasteiger partial charge in [0.25, 0.3) is 0 Å². The van der Waals surface area contributed by atoms with Crippen LogP contribution < -0.4 is 5.73 Å². The third-order valence-electron chi connectivity index (χ3n) is 2.40. The summed E-state index contributed by atoms with van der Waals surface area (Å²) >= 11 is 0. The van der Waals surface area contributed by atoms with Gasteiger partial charge in [-0.3, -0.25) is 4.99 Å². The van der Waals surface area contributed by atoms with Gasteiger partial charge in [0.05, 0.1) is 11.9 Å². The van der Waals surface area contributed by atoms with Crippen LogP contribution in [0.15, 0.2) is 4.99 Å². The molecule has 1 atom stereocenters. The Kier molecular flexibility index (Phi) is 4.83. The Morgan fingerprint density at radius 3 is 3.00 bits per heavy atom. The number of nitrogens with zero attached hydrogens (tertiary/aromatic N) is 1. The van der Waals surface area contributed by atoms with E-state index in [0.29, 0.717) is 6.10 Å². The fourth-order valence-electron chi connectivity index (χ4n) is 1.50. The smallest absolute Gasteiger partial charge is 0.0934 e. The van der Waals surface area contributed by atoms with Gasteiger partial charge < -0.3 is 10.5 Å². The van der Waals surface area contributed by atoms with E-state index in [1.165, 1.54) is 19.3 Å². The molecule has 1 heterocycles.